The van der Waals surface area contributed by atoms with Gasteiger partial charge in [-0.2, -0.15) is 0 Å². The Morgan fingerprint density at radius 2 is 1.92 bits per heavy atom. The van der Waals surface area contributed by atoms with Crippen molar-refractivity contribution < 1.29 is 0 Å². The number of nitrogens with one attached hydrogen (secondary N) is 1. The van der Waals surface area contributed by atoms with Crippen LogP contribution in [0.4, 0.5) is 0 Å². The number of H-pyrrole nitrogens is 1. The van der Waals surface area contributed by atoms with Gasteiger partial charge in [-0.1, -0.05) is 41.4 Å². The van der Waals surface area contributed by atoms with Crippen molar-refractivity contribution in [1.82, 2.24) is 19.5 Å². The smallest absolute Gasteiger partial charge is 0.213 e. The molecular weight excluding hydrogens is 343 g/mol. The summed E-state index contributed by atoms with van der Waals surface area (Å²) in [4.78, 5) is 12.3. The highest BCUT2D eigenvalue weighted by Crippen LogP contribution is 2.22. The summed E-state index contributed by atoms with van der Waals surface area (Å²) < 4.78 is 1.90. The average molecular weight is 357 g/mol. The van der Waals surface area contributed by atoms with Crippen molar-refractivity contribution in [1.29, 1.82) is 0 Å². The van der Waals surface area contributed by atoms with Crippen LogP contribution >= 0.6 is 23.2 Å². The Balaban J connectivity index is 1.52. The molecule has 24 heavy (non-hydrogen) atoms. The third-order valence-electron chi connectivity index (χ3n) is 3.92. The summed E-state index contributed by atoms with van der Waals surface area (Å²) in [7, 11) is 0. The van der Waals surface area contributed by atoms with E-state index < -0.39 is 0 Å². The molecule has 0 radical (unpaired) electrons. The number of para-hydroxylation sites is 2. The normalized spacial score (nSPS) is 11.2. The minimum Gasteiger partial charge on any atom is -0.323 e. The first-order chi connectivity index (χ1) is 11.7. The predicted molar refractivity (Wildman–Crippen MR) is 97.1 cm³/mol. The highest BCUT2D eigenvalue weighted by Gasteiger charge is 2.07. The topological polar surface area (TPSA) is 46.5 Å². The van der Waals surface area contributed by atoms with Crippen LogP contribution in [-0.2, 0) is 12.8 Å². The van der Waals surface area contributed by atoms with Crippen molar-refractivity contribution in [3.05, 3.63) is 76.3 Å². The van der Waals surface area contributed by atoms with Gasteiger partial charge in [0.1, 0.15) is 6.33 Å². The summed E-state index contributed by atoms with van der Waals surface area (Å²) in [5, 5.41) is 1.34. The Kier molecular flexibility index (Phi) is 4.00. The standard InChI is InChI=1S/C18H14Cl2N4/c19-13-7-5-12(15(20)9-13)6-8-14-10-24(11-21-14)18-22-16-3-1-2-4-17(16)23-18/h1-5,7,9-11H,6,8H2,(H,22,23). The number of aryl methyl sites for hydroxylation is 2. The van der Waals surface area contributed by atoms with Gasteiger partial charge < -0.3 is 4.98 Å². The van der Waals surface area contributed by atoms with Gasteiger partial charge in [-0.3, -0.25) is 4.57 Å². The molecule has 2 aromatic carbocycles. The molecule has 0 aliphatic carbocycles. The van der Waals surface area contributed by atoms with E-state index in [2.05, 4.69) is 15.0 Å². The molecule has 0 atom stereocenters. The van der Waals surface area contributed by atoms with Gasteiger partial charge in [-0.05, 0) is 42.7 Å². The van der Waals surface area contributed by atoms with E-state index in [1.54, 1.807) is 12.4 Å². The molecule has 0 fully saturated rings. The second-order valence-electron chi connectivity index (χ2n) is 5.59. The molecule has 120 valence electrons. The van der Waals surface area contributed by atoms with E-state index in [1.165, 1.54) is 0 Å². The Bertz CT molecular complexity index is 970. The number of rotatable bonds is 4. The SMILES string of the molecule is Clc1ccc(CCc2cn(-c3nc4ccccc4[nH]3)cn2)c(Cl)c1. The zero-order chi connectivity index (χ0) is 16.5. The predicted octanol–water partition coefficient (Wildman–Crippen LogP) is 4.84. The van der Waals surface area contributed by atoms with E-state index >= 15 is 0 Å². The summed E-state index contributed by atoms with van der Waals surface area (Å²) in [6, 6.07) is 13.5. The molecule has 1 N–H and O–H groups in total. The van der Waals surface area contributed by atoms with Crippen LogP contribution in [-0.4, -0.2) is 19.5 Å². The maximum absolute atomic E-state index is 6.22. The van der Waals surface area contributed by atoms with Gasteiger partial charge in [-0.15, -0.1) is 0 Å². The highest BCUT2D eigenvalue weighted by atomic mass is 35.5. The van der Waals surface area contributed by atoms with Crippen LogP contribution in [0.1, 0.15) is 11.3 Å². The lowest BCUT2D eigenvalue weighted by Crippen LogP contribution is -1.94. The van der Waals surface area contributed by atoms with Crippen molar-refractivity contribution >= 4 is 34.2 Å². The number of imidazole rings is 2. The molecule has 4 rings (SSSR count). The molecule has 0 saturated carbocycles. The number of aromatic amines is 1. The molecule has 0 amide bonds. The fourth-order valence-electron chi connectivity index (χ4n) is 2.66. The molecule has 2 aromatic heterocycles. The Labute approximate surface area is 149 Å². The minimum absolute atomic E-state index is 0.651. The maximum atomic E-state index is 6.22. The molecule has 0 bridgehead atoms. The second kappa shape index (κ2) is 6.30. The Morgan fingerprint density at radius 3 is 2.75 bits per heavy atom. The number of nitrogens with zero attached hydrogens (tertiary/aromatic N) is 3. The summed E-state index contributed by atoms with van der Waals surface area (Å²) in [5.74, 6) is 0.763. The van der Waals surface area contributed by atoms with E-state index in [0.29, 0.717) is 10.0 Å². The van der Waals surface area contributed by atoms with Gasteiger partial charge in [0.2, 0.25) is 5.95 Å². The van der Waals surface area contributed by atoms with Crippen LogP contribution in [0.5, 0.6) is 0 Å². The van der Waals surface area contributed by atoms with Gasteiger partial charge in [-0.25, -0.2) is 9.97 Å². The lowest BCUT2D eigenvalue weighted by atomic mass is 10.1. The largest absolute Gasteiger partial charge is 0.323 e. The monoisotopic (exact) mass is 356 g/mol. The third-order valence-corrected chi connectivity index (χ3v) is 4.51. The van der Waals surface area contributed by atoms with Crippen LogP contribution in [0, 0.1) is 0 Å². The fraction of sp³-hybridized carbons (Fsp3) is 0.111. The summed E-state index contributed by atoms with van der Waals surface area (Å²) in [6.45, 7) is 0. The minimum atomic E-state index is 0.651. The fourth-order valence-corrected chi connectivity index (χ4v) is 3.16. The number of hydrogen-bond acceptors (Lipinski definition) is 2. The first-order valence-electron chi connectivity index (χ1n) is 7.61. The molecule has 0 aliphatic rings. The van der Waals surface area contributed by atoms with E-state index in [1.807, 2.05) is 47.2 Å². The number of fused-ring (bicyclic) bond motifs is 1. The van der Waals surface area contributed by atoms with Gasteiger partial charge >= 0.3 is 0 Å². The first-order valence-corrected chi connectivity index (χ1v) is 8.36. The number of halogens is 2. The summed E-state index contributed by atoms with van der Waals surface area (Å²) in [6.07, 6.45) is 5.37. The van der Waals surface area contributed by atoms with Crippen LogP contribution in [0.3, 0.4) is 0 Å². The van der Waals surface area contributed by atoms with E-state index in [9.17, 15) is 0 Å². The molecule has 6 heteroatoms. The van der Waals surface area contributed by atoms with E-state index in [0.717, 1.165) is 41.1 Å². The number of benzene rings is 2. The second-order valence-corrected chi connectivity index (χ2v) is 6.43. The van der Waals surface area contributed by atoms with Gasteiger partial charge in [0, 0.05) is 16.2 Å². The maximum Gasteiger partial charge on any atom is 0.213 e. The number of hydrogen-bond donors (Lipinski definition) is 1. The van der Waals surface area contributed by atoms with E-state index in [-0.39, 0.29) is 0 Å². The average Bonchev–Trinajstić information content (AvgIpc) is 3.20. The lowest BCUT2D eigenvalue weighted by Gasteiger charge is -2.03. The molecule has 4 nitrogen and oxygen atoms in total. The van der Waals surface area contributed by atoms with Crippen LogP contribution in [0.15, 0.2) is 55.0 Å². The highest BCUT2D eigenvalue weighted by molar-refractivity contribution is 6.35. The van der Waals surface area contributed by atoms with Crippen LogP contribution in [0.2, 0.25) is 10.0 Å². The van der Waals surface area contributed by atoms with E-state index in [4.69, 9.17) is 23.2 Å². The van der Waals surface area contributed by atoms with Crippen molar-refractivity contribution in [3.8, 4) is 5.95 Å². The Hall–Kier alpha value is -2.30. The molecule has 4 aromatic rings. The number of aromatic nitrogens is 4. The van der Waals surface area contributed by atoms with Gasteiger partial charge in [0.05, 0.1) is 16.7 Å². The zero-order valence-corrected chi connectivity index (χ0v) is 14.2. The summed E-state index contributed by atoms with van der Waals surface area (Å²) in [5.41, 5.74) is 4.01. The molecule has 0 aliphatic heterocycles. The molecule has 0 spiro atoms. The van der Waals surface area contributed by atoms with Crippen molar-refractivity contribution in [3.63, 3.8) is 0 Å². The van der Waals surface area contributed by atoms with Gasteiger partial charge in [0.15, 0.2) is 0 Å². The quantitative estimate of drug-likeness (QED) is 0.568. The van der Waals surface area contributed by atoms with Crippen molar-refractivity contribution in [2.45, 2.75) is 12.8 Å². The molecule has 2 heterocycles. The first kappa shape index (κ1) is 15.2. The van der Waals surface area contributed by atoms with Crippen molar-refractivity contribution in [2.75, 3.05) is 0 Å². The van der Waals surface area contributed by atoms with Crippen molar-refractivity contribution in [2.24, 2.45) is 0 Å². The molecule has 0 unspecified atom stereocenters. The van der Waals surface area contributed by atoms with Crippen LogP contribution in [0.25, 0.3) is 17.0 Å². The zero-order valence-electron chi connectivity index (χ0n) is 12.7. The molecular formula is C18H14Cl2N4. The third kappa shape index (κ3) is 3.03. The summed E-state index contributed by atoms with van der Waals surface area (Å²) >= 11 is 12.1. The van der Waals surface area contributed by atoms with Crippen LogP contribution < -0.4 is 0 Å². The van der Waals surface area contributed by atoms with Gasteiger partial charge in [0.25, 0.3) is 0 Å². The molecule has 0 saturated heterocycles. The lowest BCUT2D eigenvalue weighted by molar-refractivity contribution is 0.922. The Morgan fingerprint density at radius 1 is 1.04 bits per heavy atom.